The lowest BCUT2D eigenvalue weighted by molar-refractivity contribution is -0.132. The van der Waals surface area contributed by atoms with E-state index in [4.69, 9.17) is 4.74 Å². The summed E-state index contributed by atoms with van der Waals surface area (Å²) in [5.41, 5.74) is 4.16. The SMILES string of the molecule is CCc1ccc(/C(O)=C2\C(=O)C(=O)N(c3ccc(C(C)C)cc3)C2c2ccc(OC(C)C)cc2)cc1. The summed E-state index contributed by atoms with van der Waals surface area (Å²) in [6.07, 6.45) is 0.884. The number of aliphatic hydroxyl groups excluding tert-OH is 1. The highest BCUT2D eigenvalue weighted by molar-refractivity contribution is 6.51. The summed E-state index contributed by atoms with van der Waals surface area (Å²) in [6.45, 7) is 10.2. The first-order chi connectivity index (χ1) is 17.2. The molecule has 1 unspecified atom stereocenters. The van der Waals surface area contributed by atoms with Gasteiger partial charge in [-0.3, -0.25) is 14.5 Å². The summed E-state index contributed by atoms with van der Waals surface area (Å²) in [5.74, 6) is -0.504. The first-order valence-corrected chi connectivity index (χ1v) is 12.5. The van der Waals surface area contributed by atoms with Gasteiger partial charge in [-0.1, -0.05) is 69.3 Å². The van der Waals surface area contributed by atoms with E-state index in [0.717, 1.165) is 17.5 Å². The van der Waals surface area contributed by atoms with Gasteiger partial charge in [0.15, 0.2) is 0 Å². The third-order valence-corrected chi connectivity index (χ3v) is 6.49. The summed E-state index contributed by atoms with van der Waals surface area (Å²) in [6, 6.07) is 21.7. The van der Waals surface area contributed by atoms with Crippen molar-refractivity contribution in [1.82, 2.24) is 0 Å². The van der Waals surface area contributed by atoms with Crippen molar-refractivity contribution in [3.63, 3.8) is 0 Å². The zero-order chi connectivity index (χ0) is 26.0. The van der Waals surface area contributed by atoms with Gasteiger partial charge < -0.3 is 9.84 Å². The quantitative estimate of drug-likeness (QED) is 0.228. The molecule has 1 fully saturated rings. The van der Waals surface area contributed by atoms with E-state index in [-0.39, 0.29) is 17.4 Å². The Morgan fingerprint density at radius 1 is 0.889 bits per heavy atom. The number of benzene rings is 3. The van der Waals surface area contributed by atoms with Crippen LogP contribution >= 0.6 is 0 Å². The number of ketones is 1. The fourth-order valence-corrected chi connectivity index (χ4v) is 4.49. The number of amides is 1. The van der Waals surface area contributed by atoms with E-state index < -0.39 is 17.7 Å². The minimum Gasteiger partial charge on any atom is -0.507 e. The zero-order valence-electron chi connectivity index (χ0n) is 21.5. The lowest BCUT2D eigenvalue weighted by atomic mass is 9.94. The average molecular weight is 484 g/mol. The normalized spacial score (nSPS) is 17.3. The van der Waals surface area contributed by atoms with Crippen LogP contribution in [0.5, 0.6) is 5.75 Å². The Balaban J connectivity index is 1.85. The van der Waals surface area contributed by atoms with Crippen LogP contribution in [0.25, 0.3) is 5.76 Å². The lowest BCUT2D eigenvalue weighted by Gasteiger charge is -2.26. The minimum atomic E-state index is -0.770. The van der Waals surface area contributed by atoms with Crippen molar-refractivity contribution in [3.8, 4) is 5.75 Å². The molecule has 3 aromatic rings. The number of carbonyl (C=O) groups is 2. The highest BCUT2D eigenvalue weighted by Crippen LogP contribution is 2.42. The third-order valence-electron chi connectivity index (χ3n) is 6.49. The summed E-state index contributed by atoms with van der Waals surface area (Å²) in [5, 5.41) is 11.3. The van der Waals surface area contributed by atoms with Gasteiger partial charge in [0.05, 0.1) is 17.7 Å². The predicted molar refractivity (Wildman–Crippen MR) is 143 cm³/mol. The molecule has 1 N–H and O–H groups in total. The topological polar surface area (TPSA) is 66.8 Å². The number of aryl methyl sites for hydroxylation is 1. The molecule has 186 valence electrons. The molecule has 1 amide bonds. The first kappa shape index (κ1) is 25.2. The Morgan fingerprint density at radius 2 is 1.50 bits per heavy atom. The number of hydrogen-bond acceptors (Lipinski definition) is 4. The summed E-state index contributed by atoms with van der Waals surface area (Å²) in [4.78, 5) is 28.2. The van der Waals surface area contributed by atoms with Crippen LogP contribution in [0, 0.1) is 0 Å². The van der Waals surface area contributed by atoms with E-state index in [2.05, 4.69) is 20.8 Å². The number of aliphatic hydroxyl groups is 1. The van der Waals surface area contributed by atoms with Crippen LogP contribution in [0.3, 0.4) is 0 Å². The van der Waals surface area contributed by atoms with E-state index in [1.165, 1.54) is 4.90 Å². The van der Waals surface area contributed by atoms with Gasteiger partial charge in [-0.25, -0.2) is 0 Å². The molecule has 0 aliphatic carbocycles. The molecule has 1 saturated heterocycles. The van der Waals surface area contributed by atoms with E-state index in [9.17, 15) is 14.7 Å². The fourth-order valence-electron chi connectivity index (χ4n) is 4.49. The van der Waals surface area contributed by atoms with Crippen LogP contribution in [0.1, 0.15) is 68.8 Å². The van der Waals surface area contributed by atoms with Crippen molar-refractivity contribution in [2.75, 3.05) is 4.90 Å². The lowest BCUT2D eigenvalue weighted by Crippen LogP contribution is -2.29. The highest BCUT2D eigenvalue weighted by atomic mass is 16.5. The molecule has 0 spiro atoms. The molecule has 4 rings (SSSR count). The molecule has 3 aromatic carbocycles. The number of Topliss-reactive ketones (excluding diaryl/α,β-unsaturated/α-hetero) is 1. The minimum absolute atomic E-state index is 0.0204. The molecular formula is C31H33NO4. The average Bonchev–Trinajstić information content (AvgIpc) is 3.14. The van der Waals surface area contributed by atoms with Crippen molar-refractivity contribution >= 4 is 23.1 Å². The van der Waals surface area contributed by atoms with Crippen LogP contribution in [-0.4, -0.2) is 22.9 Å². The molecular weight excluding hydrogens is 450 g/mol. The van der Waals surface area contributed by atoms with Gasteiger partial charge in [0.25, 0.3) is 11.7 Å². The Labute approximate surface area is 213 Å². The Bertz CT molecular complexity index is 1270. The van der Waals surface area contributed by atoms with Crippen LogP contribution in [-0.2, 0) is 16.0 Å². The van der Waals surface area contributed by atoms with E-state index in [1.54, 1.807) is 12.1 Å². The zero-order valence-corrected chi connectivity index (χ0v) is 21.5. The smallest absolute Gasteiger partial charge is 0.300 e. The molecule has 0 aromatic heterocycles. The van der Waals surface area contributed by atoms with Gasteiger partial charge in [0.2, 0.25) is 0 Å². The highest BCUT2D eigenvalue weighted by Gasteiger charge is 2.47. The van der Waals surface area contributed by atoms with E-state index >= 15 is 0 Å². The molecule has 5 nitrogen and oxygen atoms in total. The number of carbonyl (C=O) groups excluding carboxylic acids is 2. The van der Waals surface area contributed by atoms with Gasteiger partial charge in [0, 0.05) is 11.3 Å². The Hall–Kier alpha value is -3.86. The van der Waals surface area contributed by atoms with Crippen LogP contribution < -0.4 is 9.64 Å². The van der Waals surface area contributed by atoms with Gasteiger partial charge in [-0.05, 0) is 67.1 Å². The number of rotatable bonds is 7. The molecule has 0 saturated carbocycles. The summed E-state index contributed by atoms with van der Waals surface area (Å²) in [7, 11) is 0. The van der Waals surface area contributed by atoms with Crippen molar-refractivity contribution in [2.24, 2.45) is 0 Å². The molecule has 1 aliphatic rings. The second-order valence-corrected chi connectivity index (χ2v) is 9.70. The van der Waals surface area contributed by atoms with Crippen molar-refractivity contribution < 1.29 is 19.4 Å². The summed E-state index contributed by atoms with van der Waals surface area (Å²) < 4.78 is 5.78. The molecule has 5 heteroatoms. The maximum atomic E-state index is 13.4. The second-order valence-electron chi connectivity index (χ2n) is 9.70. The third kappa shape index (κ3) is 4.92. The largest absolute Gasteiger partial charge is 0.507 e. The Kier molecular flexibility index (Phi) is 7.30. The summed E-state index contributed by atoms with van der Waals surface area (Å²) >= 11 is 0. The molecule has 1 aliphatic heterocycles. The van der Waals surface area contributed by atoms with Crippen LogP contribution in [0.4, 0.5) is 5.69 Å². The van der Waals surface area contributed by atoms with Gasteiger partial charge >= 0.3 is 0 Å². The first-order valence-electron chi connectivity index (χ1n) is 12.5. The monoisotopic (exact) mass is 483 g/mol. The molecule has 0 bridgehead atoms. The van der Waals surface area contributed by atoms with Crippen molar-refractivity contribution in [1.29, 1.82) is 0 Å². The van der Waals surface area contributed by atoms with Crippen molar-refractivity contribution in [3.05, 3.63) is 101 Å². The van der Waals surface area contributed by atoms with E-state index in [1.807, 2.05) is 74.5 Å². The number of ether oxygens (including phenoxy) is 1. The number of anilines is 1. The van der Waals surface area contributed by atoms with Gasteiger partial charge in [0.1, 0.15) is 11.5 Å². The number of nitrogens with zero attached hydrogens (tertiary/aromatic N) is 1. The maximum Gasteiger partial charge on any atom is 0.300 e. The predicted octanol–water partition coefficient (Wildman–Crippen LogP) is 6.79. The molecule has 1 atom stereocenters. The molecule has 0 radical (unpaired) electrons. The van der Waals surface area contributed by atoms with Gasteiger partial charge in [-0.15, -0.1) is 0 Å². The van der Waals surface area contributed by atoms with E-state index in [0.29, 0.717) is 28.5 Å². The number of hydrogen-bond donors (Lipinski definition) is 1. The second kappa shape index (κ2) is 10.4. The van der Waals surface area contributed by atoms with Crippen LogP contribution in [0.2, 0.25) is 0 Å². The standard InChI is InChI=1S/C31H33NO4/c1-6-21-7-9-24(10-8-21)29(33)27-28(23-13-17-26(18-14-23)36-20(4)5)32(31(35)30(27)34)25-15-11-22(12-16-25)19(2)3/h7-20,28,33H,6H2,1-5H3/b29-27+. The molecule has 36 heavy (non-hydrogen) atoms. The van der Waals surface area contributed by atoms with Crippen LogP contribution in [0.15, 0.2) is 78.4 Å². The maximum absolute atomic E-state index is 13.4. The Morgan fingerprint density at radius 3 is 2.03 bits per heavy atom. The van der Waals surface area contributed by atoms with Crippen molar-refractivity contribution in [2.45, 2.75) is 59.1 Å². The van der Waals surface area contributed by atoms with Gasteiger partial charge in [-0.2, -0.15) is 0 Å². The fraction of sp³-hybridized carbons (Fsp3) is 0.290. The molecule has 1 heterocycles.